The minimum Gasteiger partial charge on any atom is -0.478 e. The lowest BCUT2D eigenvalue weighted by molar-refractivity contribution is 0.0697. The van der Waals surface area contributed by atoms with Gasteiger partial charge in [-0.05, 0) is 18.2 Å². The molecular formula is C13H6F5NO2. The Hall–Kier alpha value is -2.64. The summed E-state index contributed by atoms with van der Waals surface area (Å²) < 4.78 is 65.8. The van der Waals surface area contributed by atoms with Crippen LogP contribution in [-0.4, -0.2) is 11.1 Å². The van der Waals surface area contributed by atoms with Gasteiger partial charge in [0.2, 0.25) is 5.82 Å². The number of carbonyl (C=O) groups is 1. The second kappa shape index (κ2) is 5.39. The minimum absolute atomic E-state index is 0.141. The number of anilines is 2. The molecule has 8 heteroatoms. The maximum atomic E-state index is 13.4. The molecule has 0 fully saturated rings. The largest absolute Gasteiger partial charge is 0.478 e. The van der Waals surface area contributed by atoms with E-state index in [0.29, 0.717) is 0 Å². The molecule has 0 aromatic heterocycles. The van der Waals surface area contributed by atoms with Crippen LogP contribution in [0.1, 0.15) is 10.4 Å². The van der Waals surface area contributed by atoms with Gasteiger partial charge in [0.25, 0.3) is 0 Å². The first-order chi connectivity index (χ1) is 9.82. The van der Waals surface area contributed by atoms with Crippen molar-refractivity contribution in [3.63, 3.8) is 0 Å². The zero-order valence-electron chi connectivity index (χ0n) is 10.1. The lowest BCUT2D eigenvalue weighted by Crippen LogP contribution is -2.07. The number of halogens is 5. The highest BCUT2D eigenvalue weighted by Crippen LogP contribution is 2.29. The van der Waals surface area contributed by atoms with Gasteiger partial charge in [-0.1, -0.05) is 6.07 Å². The Bertz CT molecular complexity index is 704. The summed E-state index contributed by atoms with van der Waals surface area (Å²) in [6.45, 7) is 0. The van der Waals surface area contributed by atoms with Crippen LogP contribution in [0, 0.1) is 29.1 Å². The third kappa shape index (κ3) is 2.64. The molecule has 0 amide bonds. The first-order valence-electron chi connectivity index (χ1n) is 5.44. The van der Waals surface area contributed by atoms with E-state index in [1.54, 1.807) is 0 Å². The molecule has 0 aliphatic rings. The Morgan fingerprint density at radius 2 is 1.43 bits per heavy atom. The predicted octanol–water partition coefficient (Wildman–Crippen LogP) is 3.82. The summed E-state index contributed by atoms with van der Waals surface area (Å²) in [5.74, 6) is -11.8. The maximum absolute atomic E-state index is 13.4. The molecule has 0 aliphatic heterocycles. The van der Waals surface area contributed by atoms with Crippen LogP contribution >= 0.6 is 0 Å². The van der Waals surface area contributed by atoms with Crippen molar-refractivity contribution in [3.8, 4) is 0 Å². The van der Waals surface area contributed by atoms with Crippen molar-refractivity contribution in [1.82, 2.24) is 0 Å². The Morgan fingerprint density at radius 3 is 1.95 bits per heavy atom. The van der Waals surface area contributed by atoms with Crippen LogP contribution in [0.15, 0.2) is 24.3 Å². The number of hydrogen-bond donors (Lipinski definition) is 2. The van der Waals surface area contributed by atoms with Gasteiger partial charge in [0, 0.05) is 5.69 Å². The van der Waals surface area contributed by atoms with E-state index < -0.39 is 40.7 Å². The molecule has 0 saturated carbocycles. The summed E-state index contributed by atoms with van der Waals surface area (Å²) in [5, 5.41) is 10.7. The Balaban J connectivity index is 2.50. The van der Waals surface area contributed by atoms with Crippen LogP contribution in [-0.2, 0) is 0 Å². The minimum atomic E-state index is -2.27. The molecule has 2 aromatic rings. The highest BCUT2D eigenvalue weighted by molar-refractivity contribution is 5.89. The Morgan fingerprint density at radius 1 is 0.905 bits per heavy atom. The fraction of sp³-hybridized carbons (Fsp3) is 0. The van der Waals surface area contributed by atoms with Crippen LogP contribution in [0.4, 0.5) is 33.3 Å². The third-order valence-electron chi connectivity index (χ3n) is 2.59. The number of hydrogen-bond acceptors (Lipinski definition) is 2. The lowest BCUT2D eigenvalue weighted by atomic mass is 10.2. The van der Waals surface area contributed by atoms with Gasteiger partial charge in [-0.3, -0.25) is 0 Å². The van der Waals surface area contributed by atoms with E-state index in [9.17, 15) is 26.7 Å². The van der Waals surface area contributed by atoms with E-state index in [1.807, 2.05) is 5.32 Å². The first kappa shape index (κ1) is 14.8. The van der Waals surface area contributed by atoms with Gasteiger partial charge in [-0.2, -0.15) is 0 Å². The van der Waals surface area contributed by atoms with Crippen LogP contribution in [0.5, 0.6) is 0 Å². The van der Waals surface area contributed by atoms with Crippen molar-refractivity contribution in [2.45, 2.75) is 0 Å². The average molecular weight is 303 g/mol. The van der Waals surface area contributed by atoms with Gasteiger partial charge >= 0.3 is 5.97 Å². The summed E-state index contributed by atoms with van der Waals surface area (Å²) in [5.41, 5.74) is -1.61. The van der Waals surface area contributed by atoms with Gasteiger partial charge in [0.15, 0.2) is 23.3 Å². The molecule has 2 rings (SSSR count). The Labute approximate surface area is 114 Å². The molecule has 0 spiro atoms. The van der Waals surface area contributed by atoms with Gasteiger partial charge in [-0.15, -0.1) is 0 Å². The van der Waals surface area contributed by atoms with Gasteiger partial charge in [0.05, 0.1) is 5.56 Å². The van der Waals surface area contributed by atoms with Crippen molar-refractivity contribution in [2.75, 3.05) is 5.32 Å². The van der Waals surface area contributed by atoms with Crippen molar-refractivity contribution < 1.29 is 31.9 Å². The normalized spacial score (nSPS) is 10.5. The summed E-state index contributed by atoms with van der Waals surface area (Å²) in [6.07, 6.45) is 0. The molecule has 2 aromatic carbocycles. The molecule has 0 atom stereocenters. The van der Waals surface area contributed by atoms with Crippen LogP contribution < -0.4 is 5.32 Å². The molecule has 2 N–H and O–H groups in total. The molecule has 3 nitrogen and oxygen atoms in total. The SMILES string of the molecule is O=C(O)c1cccc(Nc2c(F)c(F)c(F)c(F)c2F)c1. The van der Waals surface area contributed by atoms with Crippen LogP contribution in [0.25, 0.3) is 0 Å². The van der Waals surface area contributed by atoms with E-state index in [2.05, 4.69) is 0 Å². The van der Waals surface area contributed by atoms with E-state index in [0.717, 1.165) is 6.07 Å². The van der Waals surface area contributed by atoms with E-state index >= 15 is 0 Å². The highest BCUT2D eigenvalue weighted by atomic mass is 19.2. The first-order valence-corrected chi connectivity index (χ1v) is 5.44. The molecule has 0 saturated heterocycles. The van der Waals surface area contributed by atoms with E-state index in [1.165, 1.54) is 18.2 Å². The lowest BCUT2D eigenvalue weighted by Gasteiger charge is -2.11. The van der Waals surface area contributed by atoms with Gasteiger partial charge in [0.1, 0.15) is 5.69 Å². The van der Waals surface area contributed by atoms with Crippen LogP contribution in [0.3, 0.4) is 0 Å². The average Bonchev–Trinajstić information content (AvgIpc) is 2.48. The van der Waals surface area contributed by atoms with Crippen molar-refractivity contribution >= 4 is 17.3 Å². The van der Waals surface area contributed by atoms with Gasteiger partial charge in [-0.25, -0.2) is 26.7 Å². The fourth-order valence-corrected chi connectivity index (χ4v) is 1.59. The number of benzene rings is 2. The number of carboxylic acid groups (broad SMARTS) is 1. The topological polar surface area (TPSA) is 49.3 Å². The van der Waals surface area contributed by atoms with E-state index in [-0.39, 0.29) is 11.3 Å². The molecule has 0 unspecified atom stereocenters. The van der Waals surface area contributed by atoms with Crippen molar-refractivity contribution in [1.29, 1.82) is 0 Å². The number of nitrogens with one attached hydrogen (secondary N) is 1. The molecule has 0 aliphatic carbocycles. The summed E-state index contributed by atoms with van der Waals surface area (Å²) in [6, 6.07) is 4.65. The Kier molecular flexibility index (Phi) is 3.79. The zero-order chi connectivity index (χ0) is 15.7. The zero-order valence-corrected chi connectivity index (χ0v) is 10.1. The smallest absolute Gasteiger partial charge is 0.335 e. The highest BCUT2D eigenvalue weighted by Gasteiger charge is 2.25. The second-order valence-corrected chi connectivity index (χ2v) is 3.96. The fourth-order valence-electron chi connectivity index (χ4n) is 1.59. The summed E-state index contributed by atoms with van der Waals surface area (Å²) in [4.78, 5) is 10.7. The molecule has 0 radical (unpaired) electrons. The second-order valence-electron chi connectivity index (χ2n) is 3.96. The predicted molar refractivity (Wildman–Crippen MR) is 62.9 cm³/mol. The summed E-state index contributed by atoms with van der Waals surface area (Å²) in [7, 11) is 0. The van der Waals surface area contributed by atoms with Gasteiger partial charge < -0.3 is 10.4 Å². The summed E-state index contributed by atoms with van der Waals surface area (Å²) >= 11 is 0. The van der Waals surface area contributed by atoms with Crippen LogP contribution in [0.2, 0.25) is 0 Å². The standard InChI is InChI=1S/C13H6F5NO2/c14-7-8(15)10(17)12(11(18)9(7)16)19-6-3-1-2-5(4-6)13(20)21/h1-4,19H,(H,20,21). The quantitative estimate of drug-likeness (QED) is 0.515. The van der Waals surface area contributed by atoms with Crippen molar-refractivity contribution in [2.24, 2.45) is 0 Å². The van der Waals surface area contributed by atoms with Crippen molar-refractivity contribution in [3.05, 3.63) is 58.9 Å². The van der Waals surface area contributed by atoms with E-state index in [4.69, 9.17) is 5.11 Å². The monoisotopic (exact) mass is 303 g/mol. The third-order valence-corrected chi connectivity index (χ3v) is 2.59. The number of carboxylic acids is 1. The number of aromatic carboxylic acids is 1. The molecule has 21 heavy (non-hydrogen) atoms. The molecule has 0 bridgehead atoms. The maximum Gasteiger partial charge on any atom is 0.335 e. The molecule has 0 heterocycles. The molecular weight excluding hydrogens is 297 g/mol. The molecule has 110 valence electrons. The number of rotatable bonds is 3.